The van der Waals surface area contributed by atoms with Crippen LogP contribution in [0.4, 0.5) is 0 Å². The lowest BCUT2D eigenvalue weighted by Gasteiger charge is -2.07. The van der Waals surface area contributed by atoms with Gasteiger partial charge in [-0.1, -0.05) is 12.1 Å². The Kier molecular flexibility index (Phi) is 3.91. The van der Waals surface area contributed by atoms with Crippen LogP contribution in [0.5, 0.6) is 11.5 Å². The fourth-order valence-electron chi connectivity index (χ4n) is 2.12. The Morgan fingerprint density at radius 3 is 2.48 bits per heavy atom. The smallest absolute Gasteiger partial charge is 0.193 e. The van der Waals surface area contributed by atoms with E-state index in [1.165, 1.54) is 0 Å². The van der Waals surface area contributed by atoms with Crippen LogP contribution in [-0.2, 0) is 0 Å². The van der Waals surface area contributed by atoms with E-state index in [1.54, 1.807) is 12.1 Å². The molecule has 2 aromatic rings. The molecule has 1 aliphatic carbocycles. The van der Waals surface area contributed by atoms with Gasteiger partial charge in [-0.25, -0.2) is 0 Å². The van der Waals surface area contributed by atoms with Gasteiger partial charge in [0.1, 0.15) is 11.5 Å². The number of hydrogen-bond acceptors (Lipinski definition) is 3. The fraction of sp³-hybridized carbons (Fsp3) is 0.278. The van der Waals surface area contributed by atoms with E-state index in [2.05, 4.69) is 0 Å². The molecule has 0 aliphatic heterocycles. The third-order valence-corrected chi connectivity index (χ3v) is 3.35. The molecule has 3 nitrogen and oxygen atoms in total. The molecule has 0 unspecified atom stereocenters. The maximum atomic E-state index is 12.5. The number of benzene rings is 2. The van der Waals surface area contributed by atoms with Gasteiger partial charge in [-0.05, 0) is 56.2 Å². The Balaban J connectivity index is 1.77. The molecule has 0 saturated heterocycles. The first-order valence-electron chi connectivity index (χ1n) is 7.30. The first-order chi connectivity index (χ1) is 10.3. The second-order valence-corrected chi connectivity index (χ2v) is 5.13. The maximum absolute atomic E-state index is 12.5. The average molecular weight is 282 g/mol. The second kappa shape index (κ2) is 6.00. The van der Waals surface area contributed by atoms with Crippen molar-refractivity contribution in [1.82, 2.24) is 0 Å². The van der Waals surface area contributed by atoms with Crippen LogP contribution in [0.15, 0.2) is 48.5 Å². The Hall–Kier alpha value is -2.29. The number of carbonyl (C=O) groups is 1. The highest BCUT2D eigenvalue weighted by atomic mass is 16.5. The zero-order valence-corrected chi connectivity index (χ0v) is 12.0. The van der Waals surface area contributed by atoms with Crippen LogP contribution >= 0.6 is 0 Å². The summed E-state index contributed by atoms with van der Waals surface area (Å²) in [5.41, 5.74) is 1.30. The van der Waals surface area contributed by atoms with Crippen molar-refractivity contribution in [2.75, 3.05) is 6.61 Å². The van der Waals surface area contributed by atoms with Crippen molar-refractivity contribution in [1.29, 1.82) is 0 Å². The molecular weight excluding hydrogens is 264 g/mol. The molecule has 1 aliphatic rings. The van der Waals surface area contributed by atoms with Crippen LogP contribution in [0.1, 0.15) is 35.7 Å². The van der Waals surface area contributed by atoms with E-state index in [1.807, 2.05) is 43.3 Å². The summed E-state index contributed by atoms with van der Waals surface area (Å²) in [5, 5.41) is 0. The van der Waals surface area contributed by atoms with Crippen molar-refractivity contribution < 1.29 is 14.3 Å². The Morgan fingerprint density at radius 2 is 1.81 bits per heavy atom. The SMILES string of the molecule is CCOc1ccc(C(=O)c2cccc(OC3CC3)c2)cc1. The molecule has 21 heavy (non-hydrogen) atoms. The molecule has 1 saturated carbocycles. The van der Waals surface area contributed by atoms with E-state index in [0.717, 1.165) is 24.3 Å². The van der Waals surface area contributed by atoms with Crippen LogP contribution in [0.3, 0.4) is 0 Å². The summed E-state index contributed by atoms with van der Waals surface area (Å²) in [6, 6.07) is 14.6. The average Bonchev–Trinajstić information content (AvgIpc) is 3.32. The van der Waals surface area contributed by atoms with E-state index < -0.39 is 0 Å². The minimum Gasteiger partial charge on any atom is -0.494 e. The van der Waals surface area contributed by atoms with E-state index in [-0.39, 0.29) is 5.78 Å². The van der Waals surface area contributed by atoms with E-state index >= 15 is 0 Å². The molecule has 0 N–H and O–H groups in total. The molecule has 0 atom stereocenters. The van der Waals surface area contributed by atoms with Crippen molar-refractivity contribution in [3.63, 3.8) is 0 Å². The van der Waals surface area contributed by atoms with Gasteiger partial charge in [0.05, 0.1) is 12.7 Å². The van der Waals surface area contributed by atoms with Crippen molar-refractivity contribution >= 4 is 5.78 Å². The molecule has 3 heteroatoms. The van der Waals surface area contributed by atoms with Crippen molar-refractivity contribution in [2.45, 2.75) is 25.9 Å². The summed E-state index contributed by atoms with van der Waals surface area (Å²) in [6.45, 7) is 2.55. The van der Waals surface area contributed by atoms with Gasteiger partial charge in [0.15, 0.2) is 5.78 Å². The highest BCUT2D eigenvalue weighted by Gasteiger charge is 2.23. The normalized spacial score (nSPS) is 13.8. The summed E-state index contributed by atoms with van der Waals surface area (Å²) in [5.74, 6) is 1.55. The van der Waals surface area contributed by atoms with Crippen molar-refractivity contribution in [3.05, 3.63) is 59.7 Å². The number of rotatable bonds is 6. The van der Waals surface area contributed by atoms with Gasteiger partial charge in [0.25, 0.3) is 0 Å². The number of ether oxygens (including phenoxy) is 2. The summed E-state index contributed by atoms with van der Waals surface area (Å²) in [6.07, 6.45) is 2.55. The molecule has 1 fully saturated rings. The highest BCUT2D eigenvalue weighted by Crippen LogP contribution is 2.27. The van der Waals surface area contributed by atoms with Crippen LogP contribution in [0, 0.1) is 0 Å². The Bertz CT molecular complexity index is 627. The summed E-state index contributed by atoms with van der Waals surface area (Å²) < 4.78 is 11.1. The van der Waals surface area contributed by atoms with Crippen LogP contribution in [0.2, 0.25) is 0 Å². The van der Waals surface area contributed by atoms with E-state index in [4.69, 9.17) is 9.47 Å². The zero-order chi connectivity index (χ0) is 14.7. The molecule has 0 aromatic heterocycles. The molecule has 0 amide bonds. The first-order valence-corrected chi connectivity index (χ1v) is 7.30. The van der Waals surface area contributed by atoms with Gasteiger partial charge in [-0.2, -0.15) is 0 Å². The van der Waals surface area contributed by atoms with Crippen molar-refractivity contribution in [2.24, 2.45) is 0 Å². The van der Waals surface area contributed by atoms with Crippen LogP contribution in [-0.4, -0.2) is 18.5 Å². The molecular formula is C18H18O3. The number of ketones is 1. The fourth-order valence-corrected chi connectivity index (χ4v) is 2.12. The minimum absolute atomic E-state index is 0.000652. The van der Waals surface area contributed by atoms with Crippen LogP contribution in [0.25, 0.3) is 0 Å². The van der Waals surface area contributed by atoms with Gasteiger partial charge >= 0.3 is 0 Å². The van der Waals surface area contributed by atoms with Gasteiger partial charge < -0.3 is 9.47 Å². The topological polar surface area (TPSA) is 35.5 Å². The highest BCUT2D eigenvalue weighted by molar-refractivity contribution is 6.09. The predicted molar refractivity (Wildman–Crippen MR) is 81.1 cm³/mol. The Morgan fingerprint density at radius 1 is 1.05 bits per heavy atom. The number of hydrogen-bond donors (Lipinski definition) is 0. The largest absolute Gasteiger partial charge is 0.494 e. The summed E-state index contributed by atoms with van der Waals surface area (Å²) in [4.78, 5) is 12.5. The summed E-state index contributed by atoms with van der Waals surface area (Å²) in [7, 11) is 0. The molecule has 2 aromatic carbocycles. The third-order valence-electron chi connectivity index (χ3n) is 3.35. The molecule has 0 spiro atoms. The number of carbonyl (C=O) groups excluding carboxylic acids is 1. The predicted octanol–water partition coefficient (Wildman–Crippen LogP) is 3.86. The second-order valence-electron chi connectivity index (χ2n) is 5.13. The zero-order valence-electron chi connectivity index (χ0n) is 12.0. The lowest BCUT2D eigenvalue weighted by atomic mass is 10.0. The monoisotopic (exact) mass is 282 g/mol. The van der Waals surface area contributed by atoms with Gasteiger partial charge in [-0.15, -0.1) is 0 Å². The molecule has 0 radical (unpaired) electrons. The van der Waals surface area contributed by atoms with E-state index in [9.17, 15) is 4.79 Å². The summed E-state index contributed by atoms with van der Waals surface area (Å²) >= 11 is 0. The standard InChI is InChI=1S/C18H18O3/c1-2-20-15-8-6-13(7-9-15)18(19)14-4-3-5-17(12-14)21-16-10-11-16/h3-9,12,16H,2,10-11H2,1H3. The third kappa shape index (κ3) is 3.43. The molecule has 3 rings (SSSR count). The van der Waals surface area contributed by atoms with Crippen molar-refractivity contribution in [3.8, 4) is 11.5 Å². The lowest BCUT2D eigenvalue weighted by Crippen LogP contribution is -2.03. The first kappa shape index (κ1) is 13.7. The Labute approximate surface area is 124 Å². The molecule has 108 valence electrons. The van der Waals surface area contributed by atoms with Crippen LogP contribution < -0.4 is 9.47 Å². The molecule has 0 heterocycles. The minimum atomic E-state index is -0.000652. The molecule has 0 bridgehead atoms. The van der Waals surface area contributed by atoms with Gasteiger partial charge in [0.2, 0.25) is 0 Å². The van der Waals surface area contributed by atoms with Gasteiger partial charge in [0, 0.05) is 11.1 Å². The maximum Gasteiger partial charge on any atom is 0.193 e. The quantitative estimate of drug-likeness (QED) is 0.755. The van der Waals surface area contributed by atoms with E-state index in [0.29, 0.717) is 23.8 Å². The van der Waals surface area contributed by atoms with Gasteiger partial charge in [-0.3, -0.25) is 4.79 Å². The lowest BCUT2D eigenvalue weighted by molar-refractivity contribution is 0.103.